The van der Waals surface area contributed by atoms with Gasteiger partial charge in [0.15, 0.2) is 0 Å². The van der Waals surface area contributed by atoms with Crippen molar-refractivity contribution < 1.29 is 13.5 Å². The first-order valence-electron chi connectivity index (χ1n) is 4.65. The van der Waals surface area contributed by atoms with Gasteiger partial charge in [0.1, 0.15) is 0 Å². The minimum Gasteiger partial charge on any atom is -0.395 e. The molecule has 0 amide bonds. The van der Waals surface area contributed by atoms with Gasteiger partial charge in [0, 0.05) is 6.54 Å². The van der Waals surface area contributed by atoms with Crippen LogP contribution in [-0.4, -0.2) is 31.9 Å². The first-order chi connectivity index (χ1) is 6.06. The first kappa shape index (κ1) is 10.9. The number of hydrogen-bond donors (Lipinski definition) is 2. The molecule has 1 aliphatic carbocycles. The molecule has 1 fully saturated rings. The molecule has 0 radical (unpaired) electrons. The molecular formula is C8H17NO3S. The summed E-state index contributed by atoms with van der Waals surface area (Å²) in [6.45, 7) is 1.72. The molecule has 1 unspecified atom stereocenters. The fraction of sp³-hybridized carbons (Fsp3) is 1.00. The van der Waals surface area contributed by atoms with Crippen molar-refractivity contribution in [1.82, 2.24) is 4.72 Å². The fourth-order valence-corrected chi connectivity index (χ4v) is 2.12. The Balaban J connectivity index is 2.33. The van der Waals surface area contributed by atoms with Gasteiger partial charge in [-0.05, 0) is 25.7 Å². The average molecular weight is 207 g/mol. The zero-order valence-corrected chi connectivity index (χ0v) is 8.68. The van der Waals surface area contributed by atoms with E-state index in [9.17, 15) is 8.42 Å². The van der Waals surface area contributed by atoms with Crippen LogP contribution in [0.5, 0.6) is 0 Å². The number of nitrogens with one attached hydrogen (secondary N) is 1. The lowest BCUT2D eigenvalue weighted by molar-refractivity contribution is 0.291. The van der Waals surface area contributed by atoms with Crippen molar-refractivity contribution in [3.8, 4) is 0 Å². The minimum absolute atomic E-state index is 0.319. The summed E-state index contributed by atoms with van der Waals surface area (Å²) in [5, 5.41) is 7.99. The SMILES string of the molecule is CC(CO)S(=O)(=O)NCC1CCC1. The van der Waals surface area contributed by atoms with Crippen molar-refractivity contribution in [2.24, 2.45) is 5.92 Å². The maximum absolute atomic E-state index is 11.3. The van der Waals surface area contributed by atoms with Crippen molar-refractivity contribution in [3.63, 3.8) is 0 Å². The number of aliphatic hydroxyl groups is 1. The Morgan fingerprint density at radius 1 is 1.54 bits per heavy atom. The van der Waals surface area contributed by atoms with E-state index in [4.69, 9.17) is 5.11 Å². The summed E-state index contributed by atoms with van der Waals surface area (Å²) < 4.78 is 25.2. The zero-order chi connectivity index (χ0) is 9.90. The summed E-state index contributed by atoms with van der Waals surface area (Å²) in [7, 11) is -3.28. The van der Waals surface area contributed by atoms with Crippen LogP contribution in [-0.2, 0) is 10.0 Å². The molecule has 0 aromatic rings. The largest absolute Gasteiger partial charge is 0.395 e. The molecule has 5 heteroatoms. The molecule has 1 aliphatic rings. The Morgan fingerprint density at radius 3 is 2.54 bits per heavy atom. The maximum Gasteiger partial charge on any atom is 0.216 e. The van der Waals surface area contributed by atoms with E-state index in [1.165, 1.54) is 13.3 Å². The Bertz CT molecular complexity index is 246. The van der Waals surface area contributed by atoms with E-state index in [0.717, 1.165) is 12.8 Å². The van der Waals surface area contributed by atoms with E-state index in [1.54, 1.807) is 0 Å². The third kappa shape index (κ3) is 2.93. The standard InChI is InChI=1S/C8H17NO3S/c1-7(6-10)13(11,12)9-5-8-3-2-4-8/h7-10H,2-6H2,1H3. The van der Waals surface area contributed by atoms with Crippen molar-refractivity contribution in [1.29, 1.82) is 0 Å². The summed E-state index contributed by atoms with van der Waals surface area (Å²) in [5.41, 5.74) is 0. The topological polar surface area (TPSA) is 66.4 Å². The second-order valence-electron chi connectivity index (χ2n) is 3.68. The molecule has 0 aromatic carbocycles. The number of aliphatic hydroxyl groups excluding tert-OH is 1. The van der Waals surface area contributed by atoms with Gasteiger partial charge in [-0.3, -0.25) is 0 Å². The van der Waals surface area contributed by atoms with E-state index in [1.807, 2.05) is 0 Å². The Hall–Kier alpha value is -0.130. The molecule has 78 valence electrons. The van der Waals surface area contributed by atoms with Crippen molar-refractivity contribution in [2.45, 2.75) is 31.4 Å². The van der Waals surface area contributed by atoms with Crippen LogP contribution >= 0.6 is 0 Å². The predicted molar refractivity (Wildman–Crippen MR) is 50.8 cm³/mol. The van der Waals surface area contributed by atoms with Crippen LogP contribution in [0.3, 0.4) is 0 Å². The van der Waals surface area contributed by atoms with Gasteiger partial charge in [-0.15, -0.1) is 0 Å². The van der Waals surface area contributed by atoms with Crippen LogP contribution in [0.2, 0.25) is 0 Å². The number of rotatable bonds is 5. The van der Waals surface area contributed by atoms with Crippen LogP contribution in [0, 0.1) is 5.92 Å². The Morgan fingerprint density at radius 2 is 2.15 bits per heavy atom. The molecule has 13 heavy (non-hydrogen) atoms. The van der Waals surface area contributed by atoms with Crippen LogP contribution < -0.4 is 4.72 Å². The van der Waals surface area contributed by atoms with E-state index in [-0.39, 0.29) is 6.61 Å². The predicted octanol–water partition coefficient (Wildman–Crippen LogP) is 0.0867. The van der Waals surface area contributed by atoms with E-state index >= 15 is 0 Å². The lowest BCUT2D eigenvalue weighted by Gasteiger charge is -2.25. The Kier molecular flexibility index (Phi) is 3.70. The molecule has 0 aliphatic heterocycles. The third-order valence-electron chi connectivity index (χ3n) is 2.58. The second-order valence-corrected chi connectivity index (χ2v) is 5.87. The van der Waals surface area contributed by atoms with Gasteiger partial charge in [-0.2, -0.15) is 0 Å². The van der Waals surface area contributed by atoms with Gasteiger partial charge in [-0.25, -0.2) is 13.1 Å². The van der Waals surface area contributed by atoms with Gasteiger partial charge in [0.25, 0.3) is 0 Å². The van der Waals surface area contributed by atoms with Crippen LogP contribution in [0.25, 0.3) is 0 Å². The molecular weight excluding hydrogens is 190 g/mol. The van der Waals surface area contributed by atoms with Gasteiger partial charge in [-0.1, -0.05) is 6.42 Å². The molecule has 0 aromatic heterocycles. The Labute approximate surface area is 79.4 Å². The highest BCUT2D eigenvalue weighted by Gasteiger charge is 2.23. The quantitative estimate of drug-likeness (QED) is 0.671. The van der Waals surface area contributed by atoms with Gasteiger partial charge in [0.05, 0.1) is 11.9 Å². The first-order valence-corrected chi connectivity index (χ1v) is 6.20. The highest BCUT2D eigenvalue weighted by atomic mass is 32.2. The van der Waals surface area contributed by atoms with Gasteiger partial charge in [0.2, 0.25) is 10.0 Å². The van der Waals surface area contributed by atoms with Gasteiger partial charge >= 0.3 is 0 Å². The summed E-state index contributed by atoms with van der Waals surface area (Å²) in [6, 6.07) is 0. The lowest BCUT2D eigenvalue weighted by atomic mass is 9.86. The van der Waals surface area contributed by atoms with E-state index in [2.05, 4.69) is 4.72 Å². The highest BCUT2D eigenvalue weighted by molar-refractivity contribution is 7.90. The molecule has 0 bridgehead atoms. The van der Waals surface area contributed by atoms with Crippen molar-refractivity contribution in [2.75, 3.05) is 13.2 Å². The number of sulfonamides is 1. The van der Waals surface area contributed by atoms with Crippen LogP contribution in [0.4, 0.5) is 0 Å². The molecule has 0 heterocycles. The normalized spacial score (nSPS) is 21.1. The molecule has 4 nitrogen and oxygen atoms in total. The molecule has 1 saturated carbocycles. The minimum atomic E-state index is -3.28. The third-order valence-corrected chi connectivity index (χ3v) is 4.36. The average Bonchev–Trinajstić information content (AvgIpc) is 1.99. The molecule has 1 atom stereocenters. The summed E-state index contributed by atoms with van der Waals surface area (Å²) in [6.07, 6.45) is 3.45. The fourth-order valence-electron chi connectivity index (χ4n) is 1.17. The maximum atomic E-state index is 11.3. The molecule has 2 N–H and O–H groups in total. The van der Waals surface area contributed by atoms with Crippen LogP contribution in [0.1, 0.15) is 26.2 Å². The zero-order valence-electron chi connectivity index (χ0n) is 7.86. The number of hydrogen-bond acceptors (Lipinski definition) is 3. The monoisotopic (exact) mass is 207 g/mol. The van der Waals surface area contributed by atoms with Crippen molar-refractivity contribution >= 4 is 10.0 Å². The molecule has 0 spiro atoms. The summed E-state index contributed by atoms with van der Waals surface area (Å²) in [5.74, 6) is 0.515. The summed E-state index contributed by atoms with van der Waals surface area (Å²) in [4.78, 5) is 0. The highest BCUT2D eigenvalue weighted by Crippen LogP contribution is 2.25. The molecule has 0 saturated heterocycles. The van der Waals surface area contributed by atoms with Crippen LogP contribution in [0.15, 0.2) is 0 Å². The van der Waals surface area contributed by atoms with E-state index < -0.39 is 15.3 Å². The van der Waals surface area contributed by atoms with Gasteiger partial charge < -0.3 is 5.11 Å². The lowest BCUT2D eigenvalue weighted by Crippen LogP contribution is -2.38. The molecule has 1 rings (SSSR count). The smallest absolute Gasteiger partial charge is 0.216 e. The van der Waals surface area contributed by atoms with Crippen molar-refractivity contribution in [3.05, 3.63) is 0 Å². The van der Waals surface area contributed by atoms with E-state index in [0.29, 0.717) is 12.5 Å². The summed E-state index contributed by atoms with van der Waals surface area (Å²) >= 11 is 0. The second kappa shape index (κ2) is 4.39.